The maximum absolute atomic E-state index is 14.0. The van der Waals surface area contributed by atoms with E-state index in [1.54, 1.807) is 6.92 Å². The number of fused-ring (bicyclic) bond motifs is 2. The van der Waals surface area contributed by atoms with Crippen LogP contribution >= 0.6 is 0 Å². The van der Waals surface area contributed by atoms with Crippen LogP contribution in [0.25, 0.3) is 0 Å². The number of carbonyl (C=O) groups is 2. The minimum Gasteiger partial charge on any atom is -0.463 e. The quantitative estimate of drug-likeness (QED) is 0.319. The first kappa shape index (κ1) is 29.5. The van der Waals surface area contributed by atoms with Gasteiger partial charge in [-0.25, -0.2) is 4.79 Å². The summed E-state index contributed by atoms with van der Waals surface area (Å²) in [6.45, 7) is 6.79. The monoisotopic (exact) mass is 584 g/mol. The average molecular weight is 585 g/mol. The summed E-state index contributed by atoms with van der Waals surface area (Å²) in [6.07, 6.45) is 0.518. The van der Waals surface area contributed by atoms with E-state index < -0.39 is 6.36 Å². The van der Waals surface area contributed by atoms with Crippen molar-refractivity contribution in [2.24, 2.45) is 5.92 Å². The highest BCUT2D eigenvalue weighted by Crippen LogP contribution is 2.52. The fraction of sp³-hybridized carbons (Fsp3) is 0.438. The predicted octanol–water partition coefficient (Wildman–Crippen LogP) is 7.27. The fourth-order valence-corrected chi connectivity index (χ4v) is 6.49. The van der Waals surface area contributed by atoms with E-state index in [4.69, 9.17) is 9.47 Å². The Bertz CT molecular complexity index is 1390. The molecule has 2 aliphatic heterocycles. The fourth-order valence-electron chi connectivity index (χ4n) is 6.49. The molecule has 3 unspecified atom stereocenters. The number of ether oxygens (including phenoxy) is 3. The van der Waals surface area contributed by atoms with Crippen molar-refractivity contribution in [2.75, 3.05) is 18.1 Å². The summed E-state index contributed by atoms with van der Waals surface area (Å²) >= 11 is 0. The number of hydrogen-bond donors (Lipinski definition) is 0. The molecule has 0 spiro atoms. The lowest BCUT2D eigenvalue weighted by Crippen LogP contribution is -2.51. The largest absolute Gasteiger partial charge is 0.573 e. The first-order chi connectivity index (χ1) is 20.1. The molecular formula is C32H35F3N2O5. The molecule has 10 heteroatoms. The lowest BCUT2D eigenvalue weighted by atomic mass is 9.81. The molecule has 3 aliphatic rings. The Kier molecular flexibility index (Phi) is 8.52. The molecule has 2 aromatic carbocycles. The van der Waals surface area contributed by atoms with Crippen molar-refractivity contribution < 1.29 is 37.0 Å². The normalized spacial score (nSPS) is 21.9. The van der Waals surface area contributed by atoms with Gasteiger partial charge in [-0.1, -0.05) is 24.6 Å². The zero-order valence-corrected chi connectivity index (χ0v) is 23.9. The Morgan fingerprint density at radius 1 is 1.05 bits per heavy atom. The molecular weight excluding hydrogens is 549 g/mol. The molecule has 1 amide bonds. The summed E-state index contributed by atoms with van der Waals surface area (Å²) < 4.78 is 53.4. The number of halogens is 3. The van der Waals surface area contributed by atoms with Crippen molar-refractivity contribution in [3.05, 3.63) is 82.9 Å². The van der Waals surface area contributed by atoms with Gasteiger partial charge in [0, 0.05) is 29.8 Å². The van der Waals surface area contributed by atoms with Gasteiger partial charge in [0.1, 0.15) is 12.0 Å². The minimum atomic E-state index is -4.81. The molecule has 0 saturated heterocycles. The average Bonchev–Trinajstić information content (AvgIpc) is 3.36. The van der Waals surface area contributed by atoms with Crippen LogP contribution in [0, 0.1) is 5.92 Å². The summed E-state index contributed by atoms with van der Waals surface area (Å²) in [5.74, 6) is -0.203. The van der Waals surface area contributed by atoms with Crippen LogP contribution in [0.2, 0.25) is 0 Å². The summed E-state index contributed by atoms with van der Waals surface area (Å²) in [5.41, 5.74) is 3.57. The molecule has 3 atom stereocenters. The number of allylic oxidation sites excluding steroid dienone is 1. The third kappa shape index (κ3) is 5.84. The van der Waals surface area contributed by atoms with Gasteiger partial charge in [0.25, 0.3) is 5.91 Å². The smallest absolute Gasteiger partial charge is 0.463 e. The number of anilines is 1. The van der Waals surface area contributed by atoms with E-state index in [-0.39, 0.29) is 41.2 Å². The van der Waals surface area contributed by atoms with Crippen molar-refractivity contribution >= 4 is 17.6 Å². The Hall–Kier alpha value is -3.95. The Morgan fingerprint density at radius 3 is 2.48 bits per heavy atom. The first-order valence-corrected chi connectivity index (χ1v) is 14.4. The van der Waals surface area contributed by atoms with Crippen molar-refractivity contribution in [1.29, 1.82) is 0 Å². The maximum Gasteiger partial charge on any atom is 0.573 e. The van der Waals surface area contributed by atoms with E-state index in [0.717, 1.165) is 36.1 Å². The summed E-state index contributed by atoms with van der Waals surface area (Å²) in [5, 5.41) is 0. The molecule has 0 bridgehead atoms. The summed E-state index contributed by atoms with van der Waals surface area (Å²) in [6, 6.07) is 12.7. The topological polar surface area (TPSA) is 68.3 Å². The number of para-hydroxylation sites is 1. The van der Waals surface area contributed by atoms with Gasteiger partial charge in [-0.05, 0) is 87.9 Å². The van der Waals surface area contributed by atoms with Gasteiger partial charge in [-0.3, -0.25) is 4.79 Å². The zero-order valence-electron chi connectivity index (χ0n) is 23.9. The van der Waals surface area contributed by atoms with Crippen LogP contribution in [-0.4, -0.2) is 42.3 Å². The molecule has 0 aromatic heterocycles. The minimum absolute atomic E-state index is 0.0761. The van der Waals surface area contributed by atoms with Gasteiger partial charge in [0.15, 0.2) is 5.88 Å². The molecule has 2 heterocycles. The van der Waals surface area contributed by atoms with Gasteiger partial charge in [0.05, 0.1) is 18.2 Å². The maximum atomic E-state index is 14.0. The van der Waals surface area contributed by atoms with Crippen molar-refractivity contribution in [2.45, 2.75) is 71.3 Å². The summed E-state index contributed by atoms with van der Waals surface area (Å²) in [4.78, 5) is 30.4. The SMILES string of the molecule is CCOC(=O)C1=COC(N(CC)C2c3ccccc3N(C(=O)c3ccc(OC(F)(F)F)cc3)C3CCCC23)=C(C)CC1. The number of benzene rings is 2. The lowest BCUT2D eigenvalue weighted by molar-refractivity contribution is -0.274. The molecule has 0 N–H and O–H groups in total. The Balaban J connectivity index is 1.49. The van der Waals surface area contributed by atoms with Gasteiger partial charge < -0.3 is 24.0 Å². The lowest BCUT2D eigenvalue weighted by Gasteiger charge is -2.48. The van der Waals surface area contributed by atoms with Gasteiger partial charge >= 0.3 is 12.3 Å². The highest BCUT2D eigenvalue weighted by molar-refractivity contribution is 6.07. The van der Waals surface area contributed by atoms with Crippen LogP contribution in [0.15, 0.2) is 71.8 Å². The van der Waals surface area contributed by atoms with Gasteiger partial charge in [-0.2, -0.15) is 0 Å². The molecule has 224 valence electrons. The highest BCUT2D eigenvalue weighted by Gasteiger charge is 2.48. The van der Waals surface area contributed by atoms with E-state index >= 15 is 0 Å². The Morgan fingerprint density at radius 2 is 1.79 bits per heavy atom. The number of carbonyl (C=O) groups excluding carboxylic acids is 2. The number of hydrogen-bond acceptors (Lipinski definition) is 6. The van der Waals surface area contributed by atoms with Crippen molar-refractivity contribution in [1.82, 2.24) is 4.90 Å². The van der Waals surface area contributed by atoms with E-state index in [9.17, 15) is 22.8 Å². The van der Waals surface area contributed by atoms with Gasteiger partial charge in [-0.15, -0.1) is 13.2 Å². The summed E-state index contributed by atoms with van der Waals surface area (Å²) in [7, 11) is 0. The molecule has 5 rings (SSSR count). The highest BCUT2D eigenvalue weighted by atomic mass is 19.4. The van der Waals surface area contributed by atoms with Crippen LogP contribution in [-0.2, 0) is 14.3 Å². The molecule has 0 radical (unpaired) electrons. The number of amides is 1. The van der Waals surface area contributed by atoms with E-state index in [1.165, 1.54) is 30.5 Å². The third-order valence-electron chi connectivity index (χ3n) is 8.26. The number of alkyl halides is 3. The molecule has 42 heavy (non-hydrogen) atoms. The molecule has 7 nitrogen and oxygen atoms in total. The zero-order chi connectivity index (χ0) is 30.0. The van der Waals surface area contributed by atoms with Gasteiger partial charge in [0.2, 0.25) is 0 Å². The molecule has 1 fully saturated rings. The first-order valence-electron chi connectivity index (χ1n) is 14.4. The van der Waals surface area contributed by atoms with E-state index in [0.29, 0.717) is 37.4 Å². The van der Waals surface area contributed by atoms with E-state index in [1.807, 2.05) is 36.1 Å². The second kappa shape index (κ2) is 12.1. The van der Waals surface area contributed by atoms with Crippen LogP contribution < -0.4 is 9.64 Å². The Labute approximate surface area is 243 Å². The van der Waals surface area contributed by atoms with Crippen molar-refractivity contribution in [3.8, 4) is 5.75 Å². The molecule has 1 aliphatic carbocycles. The molecule has 1 saturated carbocycles. The third-order valence-corrected chi connectivity index (χ3v) is 8.26. The van der Waals surface area contributed by atoms with Crippen LogP contribution in [0.4, 0.5) is 18.9 Å². The predicted molar refractivity (Wildman–Crippen MR) is 150 cm³/mol. The van der Waals surface area contributed by atoms with Crippen LogP contribution in [0.1, 0.15) is 74.8 Å². The van der Waals surface area contributed by atoms with E-state index in [2.05, 4.69) is 16.6 Å². The van der Waals surface area contributed by atoms with Crippen molar-refractivity contribution in [3.63, 3.8) is 0 Å². The number of nitrogens with zero attached hydrogens (tertiary/aromatic N) is 2. The van der Waals surface area contributed by atoms with Crippen LogP contribution in [0.3, 0.4) is 0 Å². The standard InChI is InChI=1S/C32H35F3N2O5/c1-4-36(30-20(3)13-14-22(19-41-30)31(39)40-5-2)28-24-9-6-7-11-26(24)37(27-12-8-10-25(27)28)29(38)21-15-17-23(18-16-21)42-32(33,34)35/h6-7,9,11,15-19,25,27-28H,4-5,8,10,12-14H2,1-3H3. The second-order valence-corrected chi connectivity index (χ2v) is 10.8. The molecule has 2 aromatic rings. The van der Waals surface area contributed by atoms with Crippen LogP contribution in [0.5, 0.6) is 5.75 Å². The number of rotatable bonds is 7. The second-order valence-electron chi connectivity index (χ2n) is 10.8. The number of esters is 1.